The smallest absolute Gasteiger partial charge is 0.168 e. The van der Waals surface area contributed by atoms with E-state index in [4.69, 9.17) is 20.3 Å². The van der Waals surface area contributed by atoms with E-state index in [1.165, 1.54) is 14.2 Å². The number of ether oxygens (including phenoxy) is 2. The highest BCUT2D eigenvalue weighted by molar-refractivity contribution is 5.60. The molecular formula is C9H13NO3. The predicted octanol–water partition coefficient (Wildman–Crippen LogP) is 0.778. The molecule has 1 aromatic rings. The summed E-state index contributed by atoms with van der Waals surface area (Å²) in [5.74, 6) is 1.06. The van der Waals surface area contributed by atoms with Crippen molar-refractivity contribution < 1.29 is 14.6 Å². The van der Waals surface area contributed by atoms with E-state index in [-0.39, 0.29) is 6.61 Å². The van der Waals surface area contributed by atoms with Crippen LogP contribution in [0.3, 0.4) is 0 Å². The van der Waals surface area contributed by atoms with Crippen molar-refractivity contribution in [3.8, 4) is 11.5 Å². The van der Waals surface area contributed by atoms with Gasteiger partial charge in [0.15, 0.2) is 11.5 Å². The van der Waals surface area contributed by atoms with Gasteiger partial charge in [0.05, 0.1) is 20.8 Å². The molecule has 0 radical (unpaired) electrons. The van der Waals surface area contributed by atoms with E-state index in [0.29, 0.717) is 22.7 Å². The van der Waals surface area contributed by atoms with Crippen LogP contribution in [0.25, 0.3) is 0 Å². The van der Waals surface area contributed by atoms with Crippen molar-refractivity contribution in [1.29, 1.82) is 0 Å². The van der Waals surface area contributed by atoms with Crippen LogP contribution >= 0.6 is 0 Å². The van der Waals surface area contributed by atoms with Crippen molar-refractivity contribution in [2.75, 3.05) is 20.0 Å². The summed E-state index contributed by atoms with van der Waals surface area (Å²) in [5.41, 5.74) is 6.69. The highest BCUT2D eigenvalue weighted by atomic mass is 16.5. The molecular weight excluding hydrogens is 170 g/mol. The maximum Gasteiger partial charge on any atom is 0.168 e. The number of rotatable bonds is 3. The minimum absolute atomic E-state index is 0.161. The van der Waals surface area contributed by atoms with Gasteiger partial charge in [-0.15, -0.1) is 0 Å². The zero-order chi connectivity index (χ0) is 9.84. The van der Waals surface area contributed by atoms with Crippen LogP contribution in [0.2, 0.25) is 0 Å². The third-order valence-electron chi connectivity index (χ3n) is 1.84. The van der Waals surface area contributed by atoms with E-state index in [9.17, 15) is 0 Å². The fourth-order valence-corrected chi connectivity index (χ4v) is 1.17. The fourth-order valence-electron chi connectivity index (χ4n) is 1.17. The summed E-state index contributed by atoms with van der Waals surface area (Å²) in [5, 5.41) is 9.03. The Kier molecular flexibility index (Phi) is 2.97. The van der Waals surface area contributed by atoms with Crippen molar-refractivity contribution in [2.24, 2.45) is 0 Å². The standard InChI is InChI=1S/C9H13NO3/c1-12-8-4-3-7(10)6(5-11)9(8)13-2/h3-4,11H,5,10H2,1-2H3. The Bertz CT molecular complexity index is 299. The minimum atomic E-state index is -0.161. The zero-order valence-corrected chi connectivity index (χ0v) is 7.70. The lowest BCUT2D eigenvalue weighted by molar-refractivity contribution is 0.271. The van der Waals surface area contributed by atoms with Crippen LogP contribution < -0.4 is 15.2 Å². The van der Waals surface area contributed by atoms with Crippen LogP contribution in [0.1, 0.15) is 5.56 Å². The lowest BCUT2D eigenvalue weighted by Gasteiger charge is -2.12. The van der Waals surface area contributed by atoms with Crippen molar-refractivity contribution in [3.05, 3.63) is 17.7 Å². The van der Waals surface area contributed by atoms with Crippen molar-refractivity contribution in [3.63, 3.8) is 0 Å². The molecule has 0 amide bonds. The number of benzene rings is 1. The zero-order valence-electron chi connectivity index (χ0n) is 7.70. The third kappa shape index (κ3) is 1.67. The quantitative estimate of drug-likeness (QED) is 0.679. The van der Waals surface area contributed by atoms with Crippen LogP contribution in [-0.4, -0.2) is 19.3 Å². The van der Waals surface area contributed by atoms with Crippen LogP contribution in [0.4, 0.5) is 5.69 Å². The van der Waals surface area contributed by atoms with Gasteiger partial charge >= 0.3 is 0 Å². The molecule has 13 heavy (non-hydrogen) atoms. The van der Waals surface area contributed by atoms with Crippen LogP contribution in [0.5, 0.6) is 11.5 Å². The number of aliphatic hydroxyl groups excluding tert-OH is 1. The molecule has 3 N–H and O–H groups in total. The highest BCUT2D eigenvalue weighted by Gasteiger charge is 2.11. The molecule has 0 aromatic heterocycles. The molecule has 0 aliphatic heterocycles. The van der Waals surface area contributed by atoms with E-state index in [1.54, 1.807) is 12.1 Å². The van der Waals surface area contributed by atoms with Crippen LogP contribution in [-0.2, 0) is 6.61 Å². The molecule has 0 saturated heterocycles. The molecule has 0 bridgehead atoms. The lowest BCUT2D eigenvalue weighted by Crippen LogP contribution is -2.00. The minimum Gasteiger partial charge on any atom is -0.493 e. The first-order valence-electron chi connectivity index (χ1n) is 3.84. The number of methoxy groups -OCH3 is 2. The first-order valence-corrected chi connectivity index (χ1v) is 3.84. The molecule has 0 heterocycles. The van der Waals surface area contributed by atoms with Crippen molar-refractivity contribution >= 4 is 5.69 Å². The molecule has 0 aliphatic carbocycles. The average Bonchev–Trinajstić information content (AvgIpc) is 2.17. The summed E-state index contributed by atoms with van der Waals surface area (Å²) in [4.78, 5) is 0. The van der Waals surface area contributed by atoms with Gasteiger partial charge in [0.2, 0.25) is 0 Å². The van der Waals surface area contributed by atoms with Gasteiger partial charge in [-0.2, -0.15) is 0 Å². The van der Waals surface area contributed by atoms with Crippen molar-refractivity contribution in [2.45, 2.75) is 6.61 Å². The average molecular weight is 183 g/mol. The van der Waals surface area contributed by atoms with E-state index in [2.05, 4.69) is 0 Å². The van der Waals surface area contributed by atoms with Gasteiger partial charge in [-0.1, -0.05) is 0 Å². The van der Waals surface area contributed by atoms with Crippen LogP contribution in [0, 0.1) is 0 Å². The molecule has 0 unspecified atom stereocenters. The van der Waals surface area contributed by atoms with Gasteiger partial charge < -0.3 is 20.3 Å². The molecule has 0 fully saturated rings. The number of nitrogen functional groups attached to an aromatic ring is 1. The van der Waals surface area contributed by atoms with E-state index in [1.807, 2.05) is 0 Å². The van der Waals surface area contributed by atoms with Gasteiger partial charge in [-0.3, -0.25) is 0 Å². The Hall–Kier alpha value is -1.42. The van der Waals surface area contributed by atoms with Gasteiger partial charge in [0.25, 0.3) is 0 Å². The number of nitrogens with two attached hydrogens (primary N) is 1. The highest BCUT2D eigenvalue weighted by Crippen LogP contribution is 2.34. The SMILES string of the molecule is COc1ccc(N)c(CO)c1OC. The third-order valence-corrected chi connectivity index (χ3v) is 1.84. The second-order valence-corrected chi connectivity index (χ2v) is 2.53. The summed E-state index contributed by atoms with van der Waals surface area (Å²) in [6.07, 6.45) is 0. The Labute approximate surface area is 76.9 Å². The van der Waals surface area contributed by atoms with Crippen LogP contribution in [0.15, 0.2) is 12.1 Å². The molecule has 0 aliphatic rings. The van der Waals surface area contributed by atoms with E-state index in [0.717, 1.165) is 0 Å². The first kappa shape index (κ1) is 9.67. The van der Waals surface area contributed by atoms with Gasteiger partial charge in [0.1, 0.15) is 0 Å². The number of hydrogen-bond acceptors (Lipinski definition) is 4. The van der Waals surface area contributed by atoms with Gasteiger partial charge in [-0.05, 0) is 12.1 Å². The normalized spacial score (nSPS) is 9.77. The van der Waals surface area contributed by atoms with Gasteiger partial charge in [0, 0.05) is 11.3 Å². The molecule has 72 valence electrons. The topological polar surface area (TPSA) is 64.7 Å². The lowest BCUT2D eigenvalue weighted by atomic mass is 10.1. The maximum atomic E-state index is 9.03. The largest absolute Gasteiger partial charge is 0.493 e. The summed E-state index contributed by atoms with van der Waals surface area (Å²) in [6.45, 7) is -0.161. The Morgan fingerprint density at radius 1 is 1.31 bits per heavy atom. The Balaban J connectivity index is 3.27. The molecule has 4 heteroatoms. The Morgan fingerprint density at radius 3 is 2.46 bits per heavy atom. The molecule has 0 spiro atoms. The summed E-state index contributed by atoms with van der Waals surface area (Å²) < 4.78 is 10.1. The number of aliphatic hydroxyl groups is 1. The van der Waals surface area contributed by atoms with E-state index < -0.39 is 0 Å². The summed E-state index contributed by atoms with van der Waals surface area (Å²) >= 11 is 0. The molecule has 0 saturated carbocycles. The van der Waals surface area contributed by atoms with Gasteiger partial charge in [-0.25, -0.2) is 0 Å². The number of anilines is 1. The number of hydrogen-bond donors (Lipinski definition) is 2. The second-order valence-electron chi connectivity index (χ2n) is 2.53. The first-order chi connectivity index (χ1) is 6.24. The Morgan fingerprint density at radius 2 is 2.00 bits per heavy atom. The summed E-state index contributed by atoms with van der Waals surface area (Å²) in [7, 11) is 3.05. The molecule has 1 rings (SSSR count). The summed E-state index contributed by atoms with van der Waals surface area (Å²) in [6, 6.07) is 3.38. The molecule has 1 aromatic carbocycles. The monoisotopic (exact) mass is 183 g/mol. The second kappa shape index (κ2) is 4.00. The van der Waals surface area contributed by atoms with E-state index >= 15 is 0 Å². The molecule has 4 nitrogen and oxygen atoms in total. The maximum absolute atomic E-state index is 9.03. The molecule has 0 atom stereocenters. The fraction of sp³-hybridized carbons (Fsp3) is 0.333. The predicted molar refractivity (Wildman–Crippen MR) is 49.9 cm³/mol. The van der Waals surface area contributed by atoms with Crippen molar-refractivity contribution in [1.82, 2.24) is 0 Å².